The summed E-state index contributed by atoms with van der Waals surface area (Å²) in [6, 6.07) is 0.271. The monoisotopic (exact) mass is 236 g/mol. The second-order valence-corrected chi connectivity index (χ2v) is 4.32. The van der Waals surface area contributed by atoms with E-state index in [4.69, 9.17) is 11.5 Å². The lowest BCUT2D eigenvalue weighted by atomic mass is 9.93. The number of carbonyl (C=O) groups is 1. The Morgan fingerprint density at radius 2 is 2.24 bits per heavy atom. The fraction of sp³-hybridized carbons (Fsp3) is 0.600. The van der Waals surface area contributed by atoms with Gasteiger partial charge in [0.05, 0.1) is 5.92 Å². The van der Waals surface area contributed by atoms with E-state index in [0.717, 1.165) is 12.8 Å². The van der Waals surface area contributed by atoms with Crippen LogP contribution in [0.3, 0.4) is 0 Å². The lowest BCUT2D eigenvalue weighted by Crippen LogP contribution is -2.46. The number of anilines is 2. The van der Waals surface area contributed by atoms with E-state index >= 15 is 0 Å². The predicted octanol–water partition coefficient (Wildman–Crippen LogP) is -0.456. The number of hydrogen-bond acceptors (Lipinski definition) is 6. The molecule has 0 aliphatic carbocycles. The highest BCUT2D eigenvalue weighted by Gasteiger charge is 2.30. The molecule has 1 aliphatic rings. The molecule has 1 aliphatic heterocycles. The lowest BCUT2D eigenvalue weighted by Gasteiger charge is -2.36. The Morgan fingerprint density at radius 1 is 1.47 bits per heavy atom. The van der Waals surface area contributed by atoms with Gasteiger partial charge in [-0.05, 0) is 19.8 Å². The van der Waals surface area contributed by atoms with Crippen molar-refractivity contribution in [2.24, 2.45) is 11.7 Å². The van der Waals surface area contributed by atoms with Gasteiger partial charge in [0.25, 0.3) is 0 Å². The summed E-state index contributed by atoms with van der Waals surface area (Å²) in [6.45, 7) is 2.61. The molecule has 0 aromatic carbocycles. The van der Waals surface area contributed by atoms with E-state index in [1.54, 1.807) is 0 Å². The molecule has 7 nitrogen and oxygen atoms in total. The van der Waals surface area contributed by atoms with Crippen LogP contribution in [0.25, 0.3) is 0 Å². The Labute approximate surface area is 99.2 Å². The number of aromatic nitrogens is 3. The maximum atomic E-state index is 11.2. The molecular weight excluding hydrogens is 220 g/mol. The van der Waals surface area contributed by atoms with Crippen LogP contribution in [-0.2, 0) is 4.79 Å². The van der Waals surface area contributed by atoms with Gasteiger partial charge in [-0.3, -0.25) is 4.79 Å². The molecule has 92 valence electrons. The van der Waals surface area contributed by atoms with E-state index < -0.39 is 0 Å². The van der Waals surface area contributed by atoms with Crippen LogP contribution in [-0.4, -0.2) is 33.4 Å². The van der Waals surface area contributed by atoms with Gasteiger partial charge in [0.1, 0.15) is 6.33 Å². The summed E-state index contributed by atoms with van der Waals surface area (Å²) in [5.74, 6) is 0.271. The van der Waals surface area contributed by atoms with Crippen LogP contribution < -0.4 is 16.4 Å². The van der Waals surface area contributed by atoms with Gasteiger partial charge in [0.2, 0.25) is 17.8 Å². The SMILES string of the molecule is CC1CCC(C(N)=O)CN1c1ncnc(N)n1. The summed E-state index contributed by atoms with van der Waals surface area (Å²) >= 11 is 0. The Balaban J connectivity index is 2.20. The molecular formula is C10H16N6O. The molecule has 1 fully saturated rings. The summed E-state index contributed by atoms with van der Waals surface area (Å²) in [5, 5.41) is 0. The first-order valence-corrected chi connectivity index (χ1v) is 5.58. The van der Waals surface area contributed by atoms with Crippen LogP contribution in [0, 0.1) is 5.92 Å². The fourth-order valence-electron chi connectivity index (χ4n) is 2.06. The van der Waals surface area contributed by atoms with Gasteiger partial charge < -0.3 is 16.4 Å². The van der Waals surface area contributed by atoms with E-state index in [-0.39, 0.29) is 23.8 Å². The molecule has 1 amide bonds. The Morgan fingerprint density at radius 3 is 2.88 bits per heavy atom. The number of primary amides is 1. The molecule has 1 saturated heterocycles. The second kappa shape index (κ2) is 4.52. The molecule has 0 bridgehead atoms. The Kier molecular flexibility index (Phi) is 3.08. The molecule has 1 aromatic rings. The van der Waals surface area contributed by atoms with Crippen LogP contribution in [0.4, 0.5) is 11.9 Å². The summed E-state index contributed by atoms with van der Waals surface area (Å²) in [6.07, 6.45) is 3.07. The van der Waals surface area contributed by atoms with Gasteiger partial charge in [-0.25, -0.2) is 9.97 Å². The number of nitrogens with zero attached hydrogens (tertiary/aromatic N) is 4. The maximum Gasteiger partial charge on any atom is 0.230 e. The van der Waals surface area contributed by atoms with Crippen molar-refractivity contribution in [1.29, 1.82) is 0 Å². The standard InChI is InChI=1S/C10H16N6O/c1-6-2-3-7(8(11)17)4-16(6)10-14-5-13-9(12)15-10/h5-7H,2-4H2,1H3,(H2,11,17)(H2,12,13,14,15). The van der Waals surface area contributed by atoms with E-state index in [0.29, 0.717) is 12.5 Å². The second-order valence-electron chi connectivity index (χ2n) is 4.32. The minimum Gasteiger partial charge on any atom is -0.369 e. The van der Waals surface area contributed by atoms with Gasteiger partial charge in [-0.1, -0.05) is 0 Å². The van der Waals surface area contributed by atoms with Gasteiger partial charge >= 0.3 is 0 Å². The number of carbonyl (C=O) groups excluding carboxylic acids is 1. The van der Waals surface area contributed by atoms with Gasteiger partial charge in [-0.2, -0.15) is 4.98 Å². The molecule has 0 spiro atoms. The third-order valence-corrected chi connectivity index (χ3v) is 3.12. The average Bonchev–Trinajstić information content (AvgIpc) is 2.29. The van der Waals surface area contributed by atoms with Crippen molar-refractivity contribution in [3.8, 4) is 0 Å². The van der Waals surface area contributed by atoms with Gasteiger partial charge in [-0.15, -0.1) is 0 Å². The van der Waals surface area contributed by atoms with Crippen molar-refractivity contribution in [3.05, 3.63) is 6.33 Å². The average molecular weight is 236 g/mol. The molecule has 4 N–H and O–H groups in total. The van der Waals surface area contributed by atoms with Crippen molar-refractivity contribution >= 4 is 17.8 Å². The number of amides is 1. The molecule has 17 heavy (non-hydrogen) atoms. The highest BCUT2D eigenvalue weighted by atomic mass is 16.1. The molecule has 2 heterocycles. The molecule has 2 rings (SSSR count). The molecule has 1 aromatic heterocycles. The first-order chi connectivity index (χ1) is 8.08. The summed E-state index contributed by atoms with van der Waals surface area (Å²) in [4.78, 5) is 25.1. The van der Waals surface area contributed by atoms with E-state index in [9.17, 15) is 4.79 Å². The molecule has 2 unspecified atom stereocenters. The van der Waals surface area contributed by atoms with Crippen molar-refractivity contribution in [2.45, 2.75) is 25.8 Å². The number of piperidine rings is 1. The fourth-order valence-corrected chi connectivity index (χ4v) is 2.06. The normalized spacial score (nSPS) is 24.6. The van der Waals surface area contributed by atoms with Crippen molar-refractivity contribution in [2.75, 3.05) is 17.2 Å². The van der Waals surface area contributed by atoms with Crippen LogP contribution in [0.5, 0.6) is 0 Å². The largest absolute Gasteiger partial charge is 0.369 e. The number of rotatable bonds is 2. The Hall–Kier alpha value is -1.92. The molecule has 2 atom stereocenters. The third-order valence-electron chi connectivity index (χ3n) is 3.12. The molecule has 0 radical (unpaired) electrons. The van der Waals surface area contributed by atoms with Crippen LogP contribution in [0.1, 0.15) is 19.8 Å². The van der Waals surface area contributed by atoms with E-state index in [1.807, 2.05) is 4.90 Å². The van der Waals surface area contributed by atoms with Crippen molar-refractivity contribution < 1.29 is 4.79 Å². The summed E-state index contributed by atoms with van der Waals surface area (Å²) < 4.78 is 0. The smallest absolute Gasteiger partial charge is 0.230 e. The Bertz CT molecular complexity index is 423. The zero-order chi connectivity index (χ0) is 12.4. The zero-order valence-electron chi connectivity index (χ0n) is 9.71. The zero-order valence-corrected chi connectivity index (χ0v) is 9.71. The first-order valence-electron chi connectivity index (χ1n) is 5.58. The topological polar surface area (TPSA) is 111 Å². The van der Waals surface area contributed by atoms with Gasteiger partial charge in [0, 0.05) is 12.6 Å². The molecule has 0 saturated carbocycles. The minimum atomic E-state index is -0.274. The highest BCUT2D eigenvalue weighted by Crippen LogP contribution is 2.24. The number of nitrogen functional groups attached to an aromatic ring is 1. The van der Waals surface area contributed by atoms with E-state index in [2.05, 4.69) is 21.9 Å². The van der Waals surface area contributed by atoms with Crippen molar-refractivity contribution in [1.82, 2.24) is 15.0 Å². The van der Waals surface area contributed by atoms with E-state index in [1.165, 1.54) is 6.33 Å². The minimum absolute atomic E-state index is 0.149. The van der Waals surface area contributed by atoms with Crippen molar-refractivity contribution in [3.63, 3.8) is 0 Å². The molecule has 7 heteroatoms. The van der Waals surface area contributed by atoms with Crippen LogP contribution >= 0.6 is 0 Å². The summed E-state index contributed by atoms with van der Waals surface area (Å²) in [5.41, 5.74) is 10.9. The maximum absolute atomic E-state index is 11.2. The first kappa shape index (κ1) is 11.6. The lowest BCUT2D eigenvalue weighted by molar-refractivity contribution is -0.122. The summed E-state index contributed by atoms with van der Waals surface area (Å²) in [7, 11) is 0. The third kappa shape index (κ3) is 2.43. The number of nitrogens with two attached hydrogens (primary N) is 2. The quantitative estimate of drug-likeness (QED) is 0.719. The highest BCUT2D eigenvalue weighted by molar-refractivity contribution is 5.77. The van der Waals surface area contributed by atoms with Crippen LogP contribution in [0.2, 0.25) is 0 Å². The van der Waals surface area contributed by atoms with Gasteiger partial charge in [0.15, 0.2) is 0 Å². The number of hydrogen-bond donors (Lipinski definition) is 2. The van der Waals surface area contributed by atoms with Crippen LogP contribution in [0.15, 0.2) is 6.33 Å². The predicted molar refractivity (Wildman–Crippen MR) is 63.0 cm³/mol.